The third kappa shape index (κ3) is 3.33. The van der Waals surface area contributed by atoms with E-state index in [1.54, 1.807) is 10.3 Å². The summed E-state index contributed by atoms with van der Waals surface area (Å²) in [7, 11) is 0. The van der Waals surface area contributed by atoms with Crippen LogP contribution < -0.4 is 0 Å². The van der Waals surface area contributed by atoms with Gasteiger partial charge in [-0.25, -0.2) is 9.78 Å². The predicted molar refractivity (Wildman–Crippen MR) is 83.6 cm³/mol. The van der Waals surface area contributed by atoms with Crippen molar-refractivity contribution in [3.8, 4) is 10.6 Å². The van der Waals surface area contributed by atoms with Crippen LogP contribution in [0.25, 0.3) is 10.6 Å². The molecule has 1 aromatic heterocycles. The third-order valence-electron chi connectivity index (χ3n) is 3.52. The Morgan fingerprint density at radius 2 is 1.91 bits per heavy atom. The molecule has 0 saturated carbocycles. The lowest BCUT2D eigenvalue weighted by atomic mass is 10.2. The Labute approximate surface area is 132 Å². The van der Waals surface area contributed by atoms with Crippen LogP contribution in [0.2, 0.25) is 0 Å². The second-order valence-electron chi connectivity index (χ2n) is 5.07. The summed E-state index contributed by atoms with van der Waals surface area (Å²) in [6.07, 6.45) is 2.04. The molecular formula is C16H16N2O3S. The van der Waals surface area contributed by atoms with E-state index in [-0.39, 0.29) is 18.2 Å². The molecule has 0 aliphatic carbocycles. The Bertz CT molecular complexity index is 663. The molecule has 0 N–H and O–H groups in total. The van der Waals surface area contributed by atoms with Crippen molar-refractivity contribution in [3.63, 3.8) is 0 Å². The number of amides is 1. The minimum atomic E-state index is -0.550. The van der Waals surface area contributed by atoms with Crippen molar-refractivity contribution in [1.29, 1.82) is 0 Å². The average Bonchev–Trinajstić information content (AvgIpc) is 3.24. The first kappa shape index (κ1) is 14.7. The number of ether oxygens (including phenoxy) is 1. The summed E-state index contributed by atoms with van der Waals surface area (Å²) < 4.78 is 5.07. The van der Waals surface area contributed by atoms with Gasteiger partial charge in [-0.2, -0.15) is 0 Å². The van der Waals surface area contributed by atoms with Gasteiger partial charge < -0.3 is 9.64 Å². The van der Waals surface area contributed by atoms with Gasteiger partial charge in [0.05, 0.1) is 0 Å². The molecule has 114 valence electrons. The highest BCUT2D eigenvalue weighted by atomic mass is 32.1. The topological polar surface area (TPSA) is 59.5 Å². The number of carbonyl (C=O) groups excluding carboxylic acids is 2. The van der Waals surface area contributed by atoms with E-state index in [0.29, 0.717) is 0 Å². The maximum atomic E-state index is 12.0. The molecule has 2 heterocycles. The lowest BCUT2D eigenvalue weighted by Gasteiger charge is -2.14. The van der Waals surface area contributed by atoms with Crippen LogP contribution in [0.5, 0.6) is 0 Å². The van der Waals surface area contributed by atoms with Gasteiger partial charge in [0.1, 0.15) is 5.01 Å². The van der Waals surface area contributed by atoms with E-state index < -0.39 is 5.97 Å². The van der Waals surface area contributed by atoms with Crippen LogP contribution in [-0.2, 0) is 9.53 Å². The highest BCUT2D eigenvalue weighted by Crippen LogP contribution is 2.23. The van der Waals surface area contributed by atoms with E-state index in [9.17, 15) is 9.59 Å². The van der Waals surface area contributed by atoms with Crippen LogP contribution >= 0.6 is 11.3 Å². The number of rotatable bonds is 4. The zero-order valence-corrected chi connectivity index (χ0v) is 12.8. The third-order valence-corrected chi connectivity index (χ3v) is 4.41. The van der Waals surface area contributed by atoms with Crippen LogP contribution in [0.15, 0.2) is 35.7 Å². The molecule has 1 fully saturated rings. The fourth-order valence-electron chi connectivity index (χ4n) is 2.34. The number of hydrogen-bond donors (Lipinski definition) is 0. The van der Waals surface area contributed by atoms with E-state index >= 15 is 0 Å². The fraction of sp³-hybridized carbons (Fsp3) is 0.312. The van der Waals surface area contributed by atoms with E-state index in [0.717, 1.165) is 36.5 Å². The zero-order chi connectivity index (χ0) is 15.4. The van der Waals surface area contributed by atoms with Crippen LogP contribution in [0, 0.1) is 0 Å². The van der Waals surface area contributed by atoms with E-state index in [2.05, 4.69) is 4.98 Å². The van der Waals surface area contributed by atoms with Gasteiger partial charge in [0.25, 0.3) is 5.91 Å². The Morgan fingerprint density at radius 3 is 2.64 bits per heavy atom. The van der Waals surface area contributed by atoms with Gasteiger partial charge in [0, 0.05) is 24.0 Å². The summed E-state index contributed by atoms with van der Waals surface area (Å²) in [5.74, 6) is -0.685. The highest BCUT2D eigenvalue weighted by molar-refractivity contribution is 7.13. The second-order valence-corrected chi connectivity index (χ2v) is 5.93. The van der Waals surface area contributed by atoms with Crippen molar-refractivity contribution in [3.05, 3.63) is 41.4 Å². The predicted octanol–water partition coefficient (Wildman–Crippen LogP) is 2.59. The van der Waals surface area contributed by atoms with Crippen molar-refractivity contribution >= 4 is 23.2 Å². The molecule has 1 amide bonds. The number of esters is 1. The van der Waals surface area contributed by atoms with Gasteiger partial charge in [0.15, 0.2) is 12.3 Å². The summed E-state index contributed by atoms with van der Waals surface area (Å²) in [6.45, 7) is 1.30. The number of nitrogens with zero attached hydrogens (tertiary/aromatic N) is 2. The molecule has 1 saturated heterocycles. The Morgan fingerprint density at radius 1 is 1.18 bits per heavy atom. The quantitative estimate of drug-likeness (QED) is 0.814. The molecule has 1 aliphatic rings. The minimum absolute atomic E-state index is 0.135. The van der Waals surface area contributed by atoms with Crippen molar-refractivity contribution in [2.45, 2.75) is 12.8 Å². The molecule has 1 aromatic carbocycles. The molecule has 2 aromatic rings. The second kappa shape index (κ2) is 6.70. The first-order valence-electron chi connectivity index (χ1n) is 7.20. The fourth-order valence-corrected chi connectivity index (χ4v) is 3.14. The first-order valence-corrected chi connectivity index (χ1v) is 8.08. The van der Waals surface area contributed by atoms with Gasteiger partial charge in [-0.3, -0.25) is 4.79 Å². The van der Waals surface area contributed by atoms with Gasteiger partial charge >= 0.3 is 5.97 Å². The van der Waals surface area contributed by atoms with E-state index in [1.165, 1.54) is 11.3 Å². The summed E-state index contributed by atoms with van der Waals surface area (Å²) in [5, 5.41) is 2.42. The van der Waals surface area contributed by atoms with Gasteiger partial charge in [0.2, 0.25) is 0 Å². The Balaban J connectivity index is 1.59. The molecule has 0 unspecified atom stereocenters. The SMILES string of the molecule is O=C(OCC(=O)N1CCCC1)c1csc(-c2ccccc2)n1. The summed E-state index contributed by atoms with van der Waals surface area (Å²) in [6, 6.07) is 9.64. The lowest BCUT2D eigenvalue weighted by molar-refractivity contribution is -0.133. The molecule has 0 spiro atoms. The monoisotopic (exact) mass is 316 g/mol. The van der Waals surface area contributed by atoms with Crippen LogP contribution in [0.3, 0.4) is 0 Å². The Hall–Kier alpha value is -2.21. The molecule has 0 bridgehead atoms. The number of benzene rings is 1. The summed E-state index contributed by atoms with van der Waals surface area (Å²) in [5.41, 5.74) is 1.21. The number of thiazole rings is 1. The maximum Gasteiger partial charge on any atom is 0.358 e. The van der Waals surface area contributed by atoms with Crippen molar-refractivity contribution in [2.24, 2.45) is 0 Å². The normalized spacial score (nSPS) is 14.1. The number of aromatic nitrogens is 1. The van der Waals surface area contributed by atoms with E-state index in [1.807, 2.05) is 30.3 Å². The van der Waals surface area contributed by atoms with Crippen LogP contribution in [0.4, 0.5) is 0 Å². The molecule has 3 rings (SSSR count). The van der Waals surface area contributed by atoms with Gasteiger partial charge in [-0.05, 0) is 12.8 Å². The van der Waals surface area contributed by atoms with E-state index in [4.69, 9.17) is 4.74 Å². The van der Waals surface area contributed by atoms with Gasteiger partial charge in [-0.1, -0.05) is 30.3 Å². The maximum absolute atomic E-state index is 12.0. The minimum Gasteiger partial charge on any atom is -0.451 e. The smallest absolute Gasteiger partial charge is 0.358 e. The number of likely N-dealkylation sites (tertiary alicyclic amines) is 1. The largest absolute Gasteiger partial charge is 0.451 e. The Kier molecular flexibility index (Phi) is 4.48. The highest BCUT2D eigenvalue weighted by Gasteiger charge is 2.20. The zero-order valence-electron chi connectivity index (χ0n) is 12.0. The molecule has 0 atom stereocenters. The average molecular weight is 316 g/mol. The standard InChI is InChI=1S/C16H16N2O3S/c19-14(18-8-4-5-9-18)10-21-16(20)13-11-22-15(17-13)12-6-2-1-3-7-12/h1-3,6-7,11H,4-5,8-10H2. The van der Waals surface area contributed by atoms with Crippen LogP contribution in [0.1, 0.15) is 23.3 Å². The van der Waals surface area contributed by atoms with Crippen LogP contribution in [-0.4, -0.2) is 41.5 Å². The van der Waals surface area contributed by atoms with Crippen molar-refractivity contribution in [1.82, 2.24) is 9.88 Å². The summed E-state index contributed by atoms with van der Waals surface area (Å²) >= 11 is 1.38. The number of hydrogen-bond acceptors (Lipinski definition) is 5. The molecule has 0 radical (unpaired) electrons. The van der Waals surface area contributed by atoms with Crippen molar-refractivity contribution in [2.75, 3.05) is 19.7 Å². The molecule has 1 aliphatic heterocycles. The lowest BCUT2D eigenvalue weighted by Crippen LogP contribution is -2.32. The van der Waals surface area contributed by atoms with Gasteiger partial charge in [-0.15, -0.1) is 11.3 Å². The molecule has 22 heavy (non-hydrogen) atoms. The summed E-state index contributed by atoms with van der Waals surface area (Å²) in [4.78, 5) is 29.8. The molecule has 6 heteroatoms. The van der Waals surface area contributed by atoms with Crippen molar-refractivity contribution < 1.29 is 14.3 Å². The molecular weight excluding hydrogens is 300 g/mol. The molecule has 5 nitrogen and oxygen atoms in total. The number of carbonyl (C=O) groups is 2. The first-order chi connectivity index (χ1) is 10.7.